The van der Waals surface area contributed by atoms with Gasteiger partial charge in [0.2, 0.25) is 5.91 Å². The molecule has 2 aliphatic rings. The number of carbonyl (C=O) groups excluding carboxylic acids is 1. The van der Waals surface area contributed by atoms with Gasteiger partial charge in [-0.05, 0) is 38.2 Å². The highest BCUT2D eigenvalue weighted by molar-refractivity contribution is 5.83. The molecule has 7 heteroatoms. The molecule has 2 atom stereocenters. The molecule has 0 saturated carbocycles. The molecule has 2 aliphatic heterocycles. The van der Waals surface area contributed by atoms with Crippen LogP contribution in [0.4, 0.5) is 5.69 Å². The van der Waals surface area contributed by atoms with Crippen LogP contribution in [0.1, 0.15) is 50.1 Å². The fourth-order valence-electron chi connectivity index (χ4n) is 4.49. The van der Waals surface area contributed by atoms with E-state index in [4.69, 9.17) is 0 Å². The van der Waals surface area contributed by atoms with Gasteiger partial charge in [-0.15, -0.1) is 0 Å². The van der Waals surface area contributed by atoms with E-state index in [9.17, 15) is 14.7 Å². The number of aliphatic hydroxyl groups is 1. The number of hydrogen-bond donors (Lipinski definition) is 1. The van der Waals surface area contributed by atoms with Crippen molar-refractivity contribution < 1.29 is 9.90 Å². The molecule has 0 radical (unpaired) electrons. The minimum atomic E-state index is -0.251. The molecule has 0 aliphatic carbocycles. The maximum absolute atomic E-state index is 13.0. The third-order valence-corrected chi connectivity index (χ3v) is 6.37. The molecular weight excluding hydrogens is 380 g/mol. The molecule has 4 rings (SSSR count). The molecule has 0 bridgehead atoms. The second-order valence-corrected chi connectivity index (χ2v) is 8.43. The fourth-order valence-corrected chi connectivity index (χ4v) is 4.49. The van der Waals surface area contributed by atoms with Crippen LogP contribution in [0.5, 0.6) is 0 Å². The number of benzene rings is 1. The lowest BCUT2D eigenvalue weighted by Gasteiger charge is -2.35. The Bertz CT molecular complexity index is 922. The molecule has 1 N–H and O–H groups in total. The Kier molecular flexibility index (Phi) is 6.18. The van der Waals surface area contributed by atoms with E-state index in [1.54, 1.807) is 12.3 Å². The van der Waals surface area contributed by atoms with Crippen LogP contribution < -0.4 is 10.5 Å². The normalized spacial score (nSPS) is 21.5. The van der Waals surface area contributed by atoms with Crippen molar-refractivity contribution in [3.8, 4) is 0 Å². The van der Waals surface area contributed by atoms with Crippen molar-refractivity contribution >= 4 is 11.6 Å². The van der Waals surface area contributed by atoms with Gasteiger partial charge in [-0.1, -0.05) is 30.3 Å². The van der Waals surface area contributed by atoms with Gasteiger partial charge in [-0.25, -0.2) is 4.68 Å². The zero-order valence-corrected chi connectivity index (χ0v) is 17.5. The highest BCUT2D eigenvalue weighted by Gasteiger charge is 2.29. The summed E-state index contributed by atoms with van der Waals surface area (Å²) in [6, 6.07) is 11.3. The Balaban J connectivity index is 1.45. The molecular formula is C23H30N4O3. The molecule has 1 amide bonds. The van der Waals surface area contributed by atoms with Gasteiger partial charge in [0.15, 0.2) is 0 Å². The summed E-state index contributed by atoms with van der Waals surface area (Å²) in [6.07, 6.45) is 4.61. The molecule has 2 aromatic rings. The first-order valence-electron chi connectivity index (χ1n) is 10.9. The Hall–Kier alpha value is -2.67. The summed E-state index contributed by atoms with van der Waals surface area (Å²) in [7, 11) is 0. The SMILES string of the molecule is C[C@H](C(=O)N1CCC[C@@H](n2ncc(N3CCC(O)CC3)cc2=O)C1)c1ccccc1. The second kappa shape index (κ2) is 9.00. The third kappa shape index (κ3) is 4.41. The summed E-state index contributed by atoms with van der Waals surface area (Å²) in [5.74, 6) is -0.103. The van der Waals surface area contributed by atoms with Crippen molar-refractivity contribution in [3.05, 3.63) is 58.5 Å². The number of likely N-dealkylation sites (tertiary alicyclic amines) is 1. The van der Waals surface area contributed by atoms with Crippen LogP contribution in [0.3, 0.4) is 0 Å². The van der Waals surface area contributed by atoms with Crippen molar-refractivity contribution in [2.75, 3.05) is 31.1 Å². The number of anilines is 1. The number of piperidine rings is 2. The van der Waals surface area contributed by atoms with Gasteiger partial charge in [0, 0.05) is 32.2 Å². The minimum Gasteiger partial charge on any atom is -0.393 e. The average molecular weight is 411 g/mol. The van der Waals surface area contributed by atoms with E-state index >= 15 is 0 Å². The van der Waals surface area contributed by atoms with E-state index in [1.807, 2.05) is 42.2 Å². The molecule has 3 heterocycles. The number of aliphatic hydroxyl groups excluding tert-OH is 1. The van der Waals surface area contributed by atoms with Crippen LogP contribution in [0, 0.1) is 0 Å². The second-order valence-electron chi connectivity index (χ2n) is 8.43. The number of carbonyl (C=O) groups is 1. The first kappa shape index (κ1) is 20.6. The number of nitrogens with zero attached hydrogens (tertiary/aromatic N) is 4. The molecule has 2 fully saturated rings. The van der Waals surface area contributed by atoms with Crippen molar-refractivity contribution in [2.45, 2.75) is 50.7 Å². The van der Waals surface area contributed by atoms with Crippen molar-refractivity contribution in [2.24, 2.45) is 0 Å². The maximum Gasteiger partial charge on any atom is 0.269 e. The van der Waals surface area contributed by atoms with Crippen LogP contribution in [0.25, 0.3) is 0 Å². The summed E-state index contributed by atoms with van der Waals surface area (Å²) < 4.78 is 1.54. The van der Waals surface area contributed by atoms with Gasteiger partial charge in [-0.3, -0.25) is 9.59 Å². The molecule has 0 unspecified atom stereocenters. The van der Waals surface area contributed by atoms with Crippen LogP contribution in [-0.4, -0.2) is 58.0 Å². The standard InChI is InChI=1S/C23H30N4O3/c1-17(18-6-3-2-4-7-18)23(30)26-11-5-8-19(16-26)27-22(29)14-20(15-24-27)25-12-9-21(28)10-13-25/h2-4,6-7,14-15,17,19,21,28H,5,8-13,16H2,1H3/t17-,19+/m0/s1. The van der Waals surface area contributed by atoms with Crippen LogP contribution >= 0.6 is 0 Å². The monoisotopic (exact) mass is 410 g/mol. The number of rotatable bonds is 4. The van der Waals surface area contributed by atoms with Gasteiger partial charge in [0.25, 0.3) is 5.56 Å². The first-order chi connectivity index (χ1) is 14.5. The zero-order chi connectivity index (χ0) is 21.1. The van der Waals surface area contributed by atoms with Crippen LogP contribution in [-0.2, 0) is 4.79 Å². The number of aromatic nitrogens is 2. The van der Waals surface area contributed by atoms with Gasteiger partial charge in [0.1, 0.15) is 0 Å². The Labute approximate surface area is 176 Å². The Morgan fingerprint density at radius 3 is 2.57 bits per heavy atom. The van der Waals surface area contributed by atoms with Crippen LogP contribution in [0.15, 0.2) is 47.4 Å². The van der Waals surface area contributed by atoms with Gasteiger partial charge in [0.05, 0.1) is 29.9 Å². The number of hydrogen-bond acceptors (Lipinski definition) is 5. The van der Waals surface area contributed by atoms with E-state index in [2.05, 4.69) is 10.00 Å². The van der Waals surface area contributed by atoms with E-state index in [-0.39, 0.29) is 29.5 Å². The van der Waals surface area contributed by atoms with E-state index in [1.165, 1.54) is 4.68 Å². The molecule has 2 saturated heterocycles. The molecule has 1 aromatic carbocycles. The predicted molar refractivity (Wildman–Crippen MR) is 116 cm³/mol. The third-order valence-electron chi connectivity index (χ3n) is 6.37. The Morgan fingerprint density at radius 2 is 1.87 bits per heavy atom. The highest BCUT2D eigenvalue weighted by Crippen LogP contribution is 2.25. The van der Waals surface area contributed by atoms with Crippen molar-refractivity contribution in [1.29, 1.82) is 0 Å². The van der Waals surface area contributed by atoms with E-state index in [0.29, 0.717) is 19.4 Å². The largest absolute Gasteiger partial charge is 0.393 e. The van der Waals surface area contributed by atoms with Crippen molar-refractivity contribution in [1.82, 2.24) is 14.7 Å². The molecule has 30 heavy (non-hydrogen) atoms. The van der Waals surface area contributed by atoms with Crippen LogP contribution in [0.2, 0.25) is 0 Å². The quantitative estimate of drug-likeness (QED) is 0.836. The fraction of sp³-hybridized carbons (Fsp3) is 0.522. The van der Waals surface area contributed by atoms with Crippen molar-refractivity contribution in [3.63, 3.8) is 0 Å². The summed E-state index contributed by atoms with van der Waals surface area (Å²) >= 11 is 0. The summed E-state index contributed by atoms with van der Waals surface area (Å²) in [6.45, 7) is 4.63. The van der Waals surface area contributed by atoms with E-state index in [0.717, 1.165) is 43.7 Å². The summed E-state index contributed by atoms with van der Waals surface area (Å²) in [5.41, 5.74) is 1.69. The maximum atomic E-state index is 13.0. The summed E-state index contributed by atoms with van der Waals surface area (Å²) in [4.78, 5) is 29.8. The van der Waals surface area contributed by atoms with Gasteiger partial charge < -0.3 is 14.9 Å². The first-order valence-corrected chi connectivity index (χ1v) is 10.9. The minimum absolute atomic E-state index is 0.0995. The molecule has 0 spiro atoms. The van der Waals surface area contributed by atoms with Gasteiger partial charge in [-0.2, -0.15) is 5.10 Å². The van der Waals surface area contributed by atoms with E-state index < -0.39 is 0 Å². The molecule has 160 valence electrons. The average Bonchev–Trinajstić information content (AvgIpc) is 2.79. The molecule has 7 nitrogen and oxygen atoms in total. The number of amides is 1. The summed E-state index contributed by atoms with van der Waals surface area (Å²) in [5, 5.41) is 14.1. The smallest absolute Gasteiger partial charge is 0.269 e. The Morgan fingerprint density at radius 1 is 1.13 bits per heavy atom. The lowest BCUT2D eigenvalue weighted by Crippen LogP contribution is -2.45. The zero-order valence-electron chi connectivity index (χ0n) is 17.5. The lowest BCUT2D eigenvalue weighted by atomic mass is 9.97. The van der Waals surface area contributed by atoms with Gasteiger partial charge >= 0.3 is 0 Å². The highest BCUT2D eigenvalue weighted by atomic mass is 16.3. The topological polar surface area (TPSA) is 78.7 Å². The predicted octanol–water partition coefficient (Wildman–Crippen LogP) is 2.17. The molecule has 1 aromatic heterocycles. The lowest BCUT2D eigenvalue weighted by molar-refractivity contribution is -0.134.